The number of nitrogens with zero attached hydrogens (tertiary/aromatic N) is 3. The van der Waals surface area contributed by atoms with Gasteiger partial charge in [-0.3, -0.25) is 14.7 Å². The zero-order valence-electron chi connectivity index (χ0n) is 8.51. The van der Waals surface area contributed by atoms with Crippen molar-refractivity contribution in [3.05, 3.63) is 33.0 Å². The summed E-state index contributed by atoms with van der Waals surface area (Å²) in [6, 6.07) is 0.0477. The molecule has 1 N–H and O–H groups in total. The molecule has 15 heavy (non-hydrogen) atoms. The number of hydrogen-bond donors (Lipinski definition) is 1. The van der Waals surface area contributed by atoms with Crippen LogP contribution in [0.15, 0.2) is 17.2 Å². The van der Waals surface area contributed by atoms with Crippen molar-refractivity contribution in [1.82, 2.24) is 14.9 Å². The fourth-order valence-corrected chi connectivity index (χ4v) is 1.06. The summed E-state index contributed by atoms with van der Waals surface area (Å²) in [5.74, 6) is 0. The Morgan fingerprint density at radius 1 is 1.73 bits per heavy atom. The topological polar surface area (TPSA) is 90.1 Å². The summed E-state index contributed by atoms with van der Waals surface area (Å²) >= 11 is 0. The third-order valence-electron chi connectivity index (χ3n) is 2.02. The van der Waals surface area contributed by atoms with E-state index in [2.05, 4.69) is 10.3 Å². The molecule has 1 aromatic rings. The lowest BCUT2D eigenvalue weighted by atomic mass is 10.3. The van der Waals surface area contributed by atoms with Gasteiger partial charge in [-0.1, -0.05) is 0 Å². The quantitative estimate of drug-likeness (QED) is 0.549. The van der Waals surface area contributed by atoms with Crippen LogP contribution < -0.4 is 11.0 Å². The van der Waals surface area contributed by atoms with Crippen molar-refractivity contribution in [1.29, 1.82) is 0 Å². The average Bonchev–Trinajstić information content (AvgIpc) is 2.20. The molecule has 0 amide bonds. The highest BCUT2D eigenvalue weighted by Crippen LogP contribution is 2.04. The van der Waals surface area contributed by atoms with Gasteiger partial charge in [0.25, 0.3) is 0 Å². The van der Waals surface area contributed by atoms with E-state index in [1.807, 2.05) is 6.92 Å². The summed E-state index contributed by atoms with van der Waals surface area (Å²) in [5.41, 5.74) is -0.666. The summed E-state index contributed by atoms with van der Waals surface area (Å²) in [7, 11) is 1.75. The first-order chi connectivity index (χ1) is 7.04. The largest absolute Gasteiger partial charge is 0.348 e. The number of aromatic nitrogens is 2. The van der Waals surface area contributed by atoms with Gasteiger partial charge < -0.3 is 5.32 Å². The second-order valence-electron chi connectivity index (χ2n) is 3.19. The van der Waals surface area contributed by atoms with Gasteiger partial charge in [0.2, 0.25) is 0 Å². The molecule has 0 aromatic carbocycles. The van der Waals surface area contributed by atoms with Crippen LogP contribution in [0.25, 0.3) is 0 Å². The lowest BCUT2D eigenvalue weighted by Gasteiger charge is -2.10. The van der Waals surface area contributed by atoms with Gasteiger partial charge in [-0.2, -0.15) is 4.98 Å². The lowest BCUT2D eigenvalue weighted by molar-refractivity contribution is -0.385. The molecule has 0 aliphatic heterocycles. The summed E-state index contributed by atoms with van der Waals surface area (Å²) < 4.78 is 1.22. The van der Waals surface area contributed by atoms with Crippen LogP contribution in [0.4, 0.5) is 5.69 Å². The highest BCUT2D eigenvalue weighted by atomic mass is 16.6. The van der Waals surface area contributed by atoms with Crippen LogP contribution in [0, 0.1) is 10.1 Å². The van der Waals surface area contributed by atoms with E-state index in [0.29, 0.717) is 6.54 Å². The molecular formula is C8H12N4O3. The van der Waals surface area contributed by atoms with Crippen LogP contribution in [0.3, 0.4) is 0 Å². The Kier molecular flexibility index (Phi) is 3.51. The highest BCUT2D eigenvalue weighted by molar-refractivity contribution is 5.20. The van der Waals surface area contributed by atoms with Gasteiger partial charge in [-0.15, -0.1) is 0 Å². The molecule has 0 aliphatic rings. The molecule has 0 bridgehead atoms. The molecule has 0 saturated carbocycles. The number of hydrogen-bond acceptors (Lipinski definition) is 5. The molecule has 0 aliphatic carbocycles. The van der Waals surface area contributed by atoms with E-state index >= 15 is 0 Å². The predicted octanol–water partition coefficient (Wildman–Crippen LogP) is -0.241. The first-order valence-electron chi connectivity index (χ1n) is 4.42. The molecule has 7 nitrogen and oxygen atoms in total. The molecule has 7 heteroatoms. The summed E-state index contributed by atoms with van der Waals surface area (Å²) in [6.07, 6.45) is 2.16. The minimum atomic E-state index is -0.576. The van der Waals surface area contributed by atoms with E-state index in [1.165, 1.54) is 10.8 Å². The zero-order valence-corrected chi connectivity index (χ0v) is 8.51. The monoisotopic (exact) mass is 212 g/mol. The maximum atomic E-state index is 11.2. The first kappa shape index (κ1) is 11.3. The standard InChI is InChI=1S/C8H12N4O3/c1-6(9-2)4-11-5-7(12(14)15)3-10-8(11)13/h3,5-6,9H,4H2,1-2H3. The van der Waals surface area contributed by atoms with Crippen molar-refractivity contribution in [2.24, 2.45) is 0 Å². The zero-order chi connectivity index (χ0) is 11.4. The Labute approximate surface area is 85.9 Å². The Hall–Kier alpha value is -1.76. The Morgan fingerprint density at radius 3 is 2.93 bits per heavy atom. The minimum Gasteiger partial charge on any atom is -0.315 e. The molecule has 1 heterocycles. The van der Waals surface area contributed by atoms with E-state index in [9.17, 15) is 14.9 Å². The van der Waals surface area contributed by atoms with Gasteiger partial charge in [0.1, 0.15) is 6.20 Å². The van der Waals surface area contributed by atoms with Gasteiger partial charge in [-0.25, -0.2) is 4.79 Å². The molecule has 1 unspecified atom stereocenters. The van der Waals surface area contributed by atoms with Crippen molar-refractivity contribution >= 4 is 5.69 Å². The van der Waals surface area contributed by atoms with Crippen LogP contribution in [0.2, 0.25) is 0 Å². The van der Waals surface area contributed by atoms with Crippen LogP contribution in [-0.2, 0) is 6.54 Å². The smallest absolute Gasteiger partial charge is 0.315 e. The molecule has 0 radical (unpaired) electrons. The van der Waals surface area contributed by atoms with Crippen LogP contribution >= 0.6 is 0 Å². The molecule has 0 fully saturated rings. The fraction of sp³-hybridized carbons (Fsp3) is 0.500. The molecule has 0 spiro atoms. The van der Waals surface area contributed by atoms with Crippen LogP contribution in [0.5, 0.6) is 0 Å². The maximum absolute atomic E-state index is 11.2. The Bertz CT molecular complexity index is 415. The second-order valence-corrected chi connectivity index (χ2v) is 3.19. The van der Waals surface area contributed by atoms with Gasteiger partial charge in [0.15, 0.2) is 0 Å². The van der Waals surface area contributed by atoms with Gasteiger partial charge in [-0.05, 0) is 14.0 Å². The minimum absolute atomic E-state index is 0.0477. The van der Waals surface area contributed by atoms with Crippen molar-refractivity contribution in [2.75, 3.05) is 7.05 Å². The molecule has 1 rings (SSSR count). The fourth-order valence-electron chi connectivity index (χ4n) is 1.06. The van der Waals surface area contributed by atoms with Gasteiger partial charge in [0.05, 0.1) is 11.1 Å². The summed E-state index contributed by atoms with van der Waals surface area (Å²) in [5, 5.41) is 13.4. The summed E-state index contributed by atoms with van der Waals surface area (Å²) in [4.78, 5) is 24.6. The van der Waals surface area contributed by atoms with Crippen molar-refractivity contribution < 1.29 is 4.92 Å². The SMILES string of the molecule is CNC(C)Cn1cc([N+](=O)[O-])cnc1=O. The normalized spacial score (nSPS) is 12.4. The summed E-state index contributed by atoms with van der Waals surface area (Å²) in [6.45, 7) is 2.22. The van der Waals surface area contributed by atoms with Crippen LogP contribution in [0.1, 0.15) is 6.92 Å². The number of rotatable bonds is 4. The maximum Gasteiger partial charge on any atom is 0.348 e. The number of likely N-dealkylation sites (N-methyl/N-ethyl adjacent to an activating group) is 1. The van der Waals surface area contributed by atoms with E-state index in [0.717, 1.165) is 6.20 Å². The predicted molar refractivity (Wildman–Crippen MR) is 53.7 cm³/mol. The highest BCUT2D eigenvalue weighted by Gasteiger charge is 2.10. The van der Waals surface area contributed by atoms with E-state index in [-0.39, 0.29) is 11.7 Å². The lowest BCUT2D eigenvalue weighted by Crippen LogP contribution is -2.33. The number of nitrogens with one attached hydrogen (secondary N) is 1. The van der Waals surface area contributed by atoms with Crippen LogP contribution in [-0.4, -0.2) is 27.6 Å². The van der Waals surface area contributed by atoms with E-state index in [4.69, 9.17) is 0 Å². The van der Waals surface area contributed by atoms with Crippen molar-refractivity contribution in [3.8, 4) is 0 Å². The molecule has 82 valence electrons. The third kappa shape index (κ3) is 2.84. The molecular weight excluding hydrogens is 200 g/mol. The Morgan fingerprint density at radius 2 is 2.40 bits per heavy atom. The first-order valence-corrected chi connectivity index (χ1v) is 4.42. The van der Waals surface area contributed by atoms with E-state index < -0.39 is 10.6 Å². The molecule has 1 aromatic heterocycles. The second kappa shape index (κ2) is 4.65. The van der Waals surface area contributed by atoms with Gasteiger partial charge in [0, 0.05) is 12.6 Å². The average molecular weight is 212 g/mol. The molecule has 1 atom stereocenters. The third-order valence-corrected chi connectivity index (χ3v) is 2.02. The Balaban J connectivity index is 3.00. The van der Waals surface area contributed by atoms with E-state index in [1.54, 1.807) is 7.05 Å². The van der Waals surface area contributed by atoms with Crippen molar-refractivity contribution in [3.63, 3.8) is 0 Å². The van der Waals surface area contributed by atoms with Gasteiger partial charge >= 0.3 is 11.4 Å². The van der Waals surface area contributed by atoms with Crippen molar-refractivity contribution in [2.45, 2.75) is 19.5 Å². The molecule has 0 saturated heterocycles. The number of nitro groups is 1.